The third kappa shape index (κ3) is 3.40. The van der Waals surface area contributed by atoms with E-state index in [-0.39, 0.29) is 11.9 Å². The molecule has 0 amide bonds. The lowest BCUT2D eigenvalue weighted by molar-refractivity contribution is 0.0859. The lowest BCUT2D eigenvalue weighted by Gasteiger charge is -2.25. The number of aliphatic imine (C=N–C) groups is 1. The van der Waals surface area contributed by atoms with Gasteiger partial charge in [0.25, 0.3) is 0 Å². The van der Waals surface area contributed by atoms with E-state index in [1.54, 1.807) is 6.20 Å². The monoisotopic (exact) mass is 304 g/mol. The molecule has 2 atom stereocenters. The largest absolute Gasteiger partial charge is 0.355 e. The summed E-state index contributed by atoms with van der Waals surface area (Å²) in [7, 11) is 0. The summed E-state index contributed by atoms with van der Waals surface area (Å²) in [4.78, 5) is 22.1. The van der Waals surface area contributed by atoms with E-state index in [4.69, 9.17) is 0 Å². The lowest BCUT2D eigenvalue weighted by Crippen LogP contribution is -2.36. The molecule has 0 saturated carbocycles. The highest BCUT2D eigenvalue weighted by molar-refractivity contribution is 6.06. The molecular weight excluding hydrogens is 276 g/mol. The van der Waals surface area contributed by atoms with E-state index in [0.717, 1.165) is 24.8 Å². The molecule has 122 valence electrons. The van der Waals surface area contributed by atoms with E-state index in [9.17, 15) is 4.79 Å². The summed E-state index contributed by atoms with van der Waals surface area (Å²) in [5.41, 5.74) is 0.792. The normalized spacial score (nSPS) is 20.9. The molecule has 2 unspecified atom stereocenters. The van der Waals surface area contributed by atoms with Crippen LogP contribution in [0.15, 0.2) is 11.2 Å². The Morgan fingerprint density at radius 3 is 2.73 bits per heavy atom. The van der Waals surface area contributed by atoms with Crippen LogP contribution in [0.1, 0.15) is 51.4 Å². The van der Waals surface area contributed by atoms with Gasteiger partial charge in [0, 0.05) is 24.7 Å². The Labute approximate surface area is 133 Å². The van der Waals surface area contributed by atoms with Crippen LogP contribution >= 0.6 is 0 Å². The number of nitrogens with zero attached hydrogens (tertiary/aromatic N) is 2. The minimum Gasteiger partial charge on any atom is -0.355 e. The van der Waals surface area contributed by atoms with Gasteiger partial charge >= 0.3 is 0 Å². The summed E-state index contributed by atoms with van der Waals surface area (Å²) in [6.45, 7) is 16.0. The first-order valence-electron chi connectivity index (χ1n) is 7.97. The summed E-state index contributed by atoms with van der Waals surface area (Å²) < 4.78 is 0. The van der Waals surface area contributed by atoms with Crippen molar-refractivity contribution in [2.24, 2.45) is 16.3 Å². The molecule has 1 aliphatic heterocycles. The van der Waals surface area contributed by atoms with E-state index in [1.165, 1.54) is 6.42 Å². The highest BCUT2D eigenvalue weighted by Gasteiger charge is 2.29. The zero-order valence-corrected chi connectivity index (χ0v) is 14.4. The predicted octanol–water partition coefficient (Wildman–Crippen LogP) is 3.68. The van der Waals surface area contributed by atoms with Crippen LogP contribution in [0.2, 0.25) is 0 Å². The molecule has 2 heterocycles. The Balaban J connectivity index is 2.17. The van der Waals surface area contributed by atoms with Gasteiger partial charge in [-0.1, -0.05) is 27.7 Å². The van der Waals surface area contributed by atoms with Gasteiger partial charge in [0.15, 0.2) is 5.78 Å². The van der Waals surface area contributed by atoms with Gasteiger partial charge in [-0.05, 0) is 26.0 Å². The molecular formula is C17H28N4O. The number of H-pyrrole nitrogens is 1. The fourth-order valence-corrected chi connectivity index (χ4v) is 2.89. The van der Waals surface area contributed by atoms with Crippen molar-refractivity contribution in [1.29, 1.82) is 0 Å². The molecule has 1 fully saturated rings. The van der Waals surface area contributed by atoms with E-state index in [1.807, 2.05) is 20.8 Å². The molecule has 1 saturated heterocycles. The zero-order chi connectivity index (χ0) is 16.5. The van der Waals surface area contributed by atoms with Gasteiger partial charge in [0.2, 0.25) is 0 Å². The van der Waals surface area contributed by atoms with Crippen molar-refractivity contribution in [2.75, 3.05) is 18.4 Å². The van der Waals surface area contributed by atoms with Crippen molar-refractivity contribution in [3.8, 4) is 0 Å². The number of hydrogen-bond donors (Lipinski definition) is 2. The van der Waals surface area contributed by atoms with Crippen LogP contribution in [0.4, 0.5) is 11.5 Å². The highest BCUT2D eigenvalue weighted by Crippen LogP contribution is 2.34. The molecule has 1 aliphatic rings. The second-order valence-corrected chi connectivity index (χ2v) is 7.37. The first-order valence-corrected chi connectivity index (χ1v) is 7.97. The summed E-state index contributed by atoms with van der Waals surface area (Å²) in [5.74, 6) is 1.58. The number of aromatic nitrogens is 1. The van der Waals surface area contributed by atoms with E-state index in [0.29, 0.717) is 11.3 Å². The molecule has 5 heteroatoms. The summed E-state index contributed by atoms with van der Waals surface area (Å²) in [6, 6.07) is 0. The molecule has 2 N–H and O–H groups in total. The van der Waals surface area contributed by atoms with E-state index < -0.39 is 5.41 Å². The Morgan fingerprint density at radius 1 is 1.55 bits per heavy atom. The molecule has 1 aromatic heterocycles. The highest BCUT2D eigenvalue weighted by atomic mass is 16.1. The predicted molar refractivity (Wildman–Crippen MR) is 92.2 cm³/mol. The minimum absolute atomic E-state index is 0.0710. The molecule has 22 heavy (non-hydrogen) atoms. The van der Waals surface area contributed by atoms with Crippen LogP contribution < -0.4 is 5.32 Å². The van der Waals surface area contributed by atoms with Gasteiger partial charge in [0.05, 0.1) is 11.7 Å². The summed E-state index contributed by atoms with van der Waals surface area (Å²) in [6.07, 6.45) is 3.16. The Hall–Kier alpha value is -1.62. The molecule has 0 bridgehead atoms. The Morgan fingerprint density at radius 2 is 2.23 bits per heavy atom. The standard InChI is InChI=1S/C17H28N4O/c1-11-7-8-21(10-11)12(2)20-16-14(18-6)13(9-19-16)15(22)17(3,4)5/h9,11-12,19-20H,6-8,10H2,1-5H3. The van der Waals surface area contributed by atoms with Gasteiger partial charge in [-0.25, -0.2) is 0 Å². The van der Waals surface area contributed by atoms with E-state index >= 15 is 0 Å². The number of anilines is 1. The quantitative estimate of drug-likeness (QED) is 0.644. The van der Waals surface area contributed by atoms with Crippen LogP contribution in [0.25, 0.3) is 0 Å². The number of rotatable bonds is 5. The van der Waals surface area contributed by atoms with Gasteiger partial charge in [-0.15, -0.1) is 0 Å². The molecule has 2 rings (SSSR count). The van der Waals surface area contributed by atoms with Gasteiger partial charge in [-0.2, -0.15) is 0 Å². The molecule has 5 nitrogen and oxygen atoms in total. The minimum atomic E-state index is -0.436. The van der Waals surface area contributed by atoms with Crippen molar-refractivity contribution >= 4 is 24.0 Å². The molecule has 0 aliphatic carbocycles. The topological polar surface area (TPSA) is 60.5 Å². The maximum atomic E-state index is 12.5. The van der Waals surface area contributed by atoms with Crippen LogP contribution in [-0.2, 0) is 0 Å². The fraction of sp³-hybridized carbons (Fsp3) is 0.647. The van der Waals surface area contributed by atoms with Crippen LogP contribution in [0.3, 0.4) is 0 Å². The third-order valence-corrected chi connectivity index (χ3v) is 4.29. The average molecular weight is 304 g/mol. The molecule has 1 aromatic rings. The average Bonchev–Trinajstić information content (AvgIpc) is 3.03. The smallest absolute Gasteiger partial charge is 0.171 e. The van der Waals surface area contributed by atoms with Crippen molar-refractivity contribution in [3.05, 3.63) is 11.8 Å². The maximum absolute atomic E-state index is 12.5. The van der Waals surface area contributed by atoms with Crippen molar-refractivity contribution in [2.45, 2.75) is 47.2 Å². The fourth-order valence-electron chi connectivity index (χ4n) is 2.89. The number of Topliss-reactive ketones (excluding diaryl/α,β-unsaturated/α-hetero) is 1. The number of nitrogens with one attached hydrogen (secondary N) is 2. The van der Waals surface area contributed by atoms with Gasteiger partial charge < -0.3 is 10.3 Å². The Bertz CT molecular complexity index is 555. The molecule has 0 spiro atoms. The number of likely N-dealkylation sites (tertiary alicyclic amines) is 1. The number of hydrogen-bond acceptors (Lipinski definition) is 4. The second kappa shape index (κ2) is 6.24. The third-order valence-electron chi connectivity index (χ3n) is 4.29. The van der Waals surface area contributed by atoms with Crippen LogP contribution in [-0.4, -0.2) is 41.6 Å². The summed E-state index contributed by atoms with van der Waals surface area (Å²) in [5, 5.41) is 3.44. The molecule has 0 radical (unpaired) electrons. The zero-order valence-electron chi connectivity index (χ0n) is 14.4. The second-order valence-electron chi connectivity index (χ2n) is 7.37. The summed E-state index contributed by atoms with van der Waals surface area (Å²) >= 11 is 0. The lowest BCUT2D eigenvalue weighted by atomic mass is 9.87. The van der Waals surface area contributed by atoms with E-state index in [2.05, 4.69) is 40.8 Å². The number of aromatic amines is 1. The SMILES string of the molecule is C=Nc1c(C(=O)C(C)(C)C)c[nH]c1NC(C)N1CCC(C)C1. The molecule has 0 aromatic carbocycles. The van der Waals surface area contributed by atoms with Gasteiger partial charge in [-0.3, -0.25) is 14.7 Å². The maximum Gasteiger partial charge on any atom is 0.171 e. The van der Waals surface area contributed by atoms with Crippen molar-refractivity contribution < 1.29 is 4.79 Å². The number of carbonyl (C=O) groups is 1. The first-order chi connectivity index (χ1) is 10.2. The number of carbonyl (C=O) groups excluding carboxylic acids is 1. The van der Waals surface area contributed by atoms with Gasteiger partial charge in [0.1, 0.15) is 11.5 Å². The van der Waals surface area contributed by atoms with Crippen molar-refractivity contribution in [1.82, 2.24) is 9.88 Å². The Kier molecular flexibility index (Phi) is 4.75. The van der Waals surface area contributed by atoms with Crippen LogP contribution in [0.5, 0.6) is 0 Å². The van der Waals surface area contributed by atoms with Crippen LogP contribution in [0, 0.1) is 11.3 Å². The van der Waals surface area contributed by atoms with Crippen molar-refractivity contribution in [3.63, 3.8) is 0 Å². The first kappa shape index (κ1) is 16.7. The number of ketones is 1.